The molecule has 0 fully saturated rings. The topological polar surface area (TPSA) is 25.2 Å². The second-order valence-electron chi connectivity index (χ2n) is 5.79. The summed E-state index contributed by atoms with van der Waals surface area (Å²) in [5.41, 5.74) is 6.46. The molecule has 0 unspecified atom stereocenters. The molecule has 0 bridgehead atoms. The first kappa shape index (κ1) is 15.5. The molecule has 0 atom stereocenters. The van der Waals surface area contributed by atoms with Crippen LogP contribution < -0.4 is 0 Å². The highest BCUT2D eigenvalue weighted by atomic mass is 19.1. The molecular formula is C20H20FNO. The maximum Gasteiger partial charge on any atom is 0.123 e. The third-order valence-corrected chi connectivity index (χ3v) is 4.17. The number of hydrogen-bond donors (Lipinski definition) is 1. The number of aliphatic hydroxyl groups is 1. The zero-order valence-electron chi connectivity index (χ0n) is 13.4. The van der Waals surface area contributed by atoms with Gasteiger partial charge >= 0.3 is 0 Å². The third kappa shape index (κ3) is 3.06. The van der Waals surface area contributed by atoms with Crippen LogP contribution in [0.3, 0.4) is 0 Å². The molecule has 0 saturated heterocycles. The number of benzene rings is 2. The standard InChI is InChI=1S/C20H20FNO/c1-14-3-5-16(6-4-14)20-13-17(11-12-23)15(2)22(20)19-9-7-18(21)8-10-19/h3-10,13,23H,11-12H2,1-2H3. The van der Waals surface area contributed by atoms with Gasteiger partial charge in [-0.3, -0.25) is 0 Å². The van der Waals surface area contributed by atoms with Gasteiger partial charge in [-0.05, 0) is 61.7 Å². The Kier molecular flexibility index (Phi) is 4.30. The molecule has 0 amide bonds. The Bertz CT molecular complexity index is 801. The lowest BCUT2D eigenvalue weighted by Gasteiger charge is -2.12. The quantitative estimate of drug-likeness (QED) is 0.757. The van der Waals surface area contributed by atoms with Crippen LogP contribution in [0.4, 0.5) is 4.39 Å². The molecule has 0 aliphatic carbocycles. The third-order valence-electron chi connectivity index (χ3n) is 4.17. The predicted molar refractivity (Wildman–Crippen MR) is 91.4 cm³/mol. The van der Waals surface area contributed by atoms with Gasteiger partial charge in [0, 0.05) is 18.0 Å². The fourth-order valence-electron chi connectivity index (χ4n) is 2.89. The van der Waals surface area contributed by atoms with E-state index < -0.39 is 0 Å². The van der Waals surface area contributed by atoms with Crippen molar-refractivity contribution in [3.63, 3.8) is 0 Å². The molecule has 0 saturated carbocycles. The van der Waals surface area contributed by atoms with E-state index in [1.165, 1.54) is 17.7 Å². The molecule has 3 rings (SSSR count). The lowest BCUT2D eigenvalue weighted by atomic mass is 10.1. The summed E-state index contributed by atoms with van der Waals surface area (Å²) in [6.45, 7) is 4.21. The summed E-state index contributed by atoms with van der Waals surface area (Å²) in [4.78, 5) is 0. The first-order valence-electron chi connectivity index (χ1n) is 7.75. The SMILES string of the molecule is Cc1ccc(-c2cc(CCO)c(C)n2-c2ccc(F)cc2)cc1. The number of hydrogen-bond acceptors (Lipinski definition) is 1. The molecule has 118 valence electrons. The van der Waals surface area contributed by atoms with Gasteiger partial charge in [0.05, 0.1) is 5.69 Å². The number of nitrogens with zero attached hydrogens (tertiary/aromatic N) is 1. The van der Waals surface area contributed by atoms with Gasteiger partial charge in [-0.1, -0.05) is 29.8 Å². The second-order valence-corrected chi connectivity index (χ2v) is 5.79. The largest absolute Gasteiger partial charge is 0.396 e. The number of aromatic nitrogens is 1. The van der Waals surface area contributed by atoms with Crippen LogP contribution in [-0.2, 0) is 6.42 Å². The Balaban J connectivity index is 2.19. The summed E-state index contributed by atoms with van der Waals surface area (Å²) < 4.78 is 15.4. The Morgan fingerprint density at radius 2 is 1.61 bits per heavy atom. The lowest BCUT2D eigenvalue weighted by molar-refractivity contribution is 0.299. The van der Waals surface area contributed by atoms with Crippen molar-refractivity contribution in [3.05, 3.63) is 77.2 Å². The van der Waals surface area contributed by atoms with Crippen LogP contribution in [0.2, 0.25) is 0 Å². The number of aryl methyl sites for hydroxylation is 1. The van der Waals surface area contributed by atoms with Gasteiger partial charge in [-0.25, -0.2) is 4.39 Å². The van der Waals surface area contributed by atoms with Crippen molar-refractivity contribution in [1.82, 2.24) is 4.57 Å². The molecule has 2 nitrogen and oxygen atoms in total. The van der Waals surface area contributed by atoms with Crippen molar-refractivity contribution in [1.29, 1.82) is 0 Å². The van der Waals surface area contributed by atoms with Crippen LogP contribution in [0, 0.1) is 19.7 Å². The molecule has 1 N–H and O–H groups in total. The average Bonchev–Trinajstić information content (AvgIpc) is 2.86. The Labute approximate surface area is 135 Å². The fourth-order valence-corrected chi connectivity index (χ4v) is 2.89. The van der Waals surface area contributed by atoms with Crippen molar-refractivity contribution in [2.75, 3.05) is 6.61 Å². The summed E-state index contributed by atoms with van der Waals surface area (Å²) in [6.07, 6.45) is 0.610. The smallest absolute Gasteiger partial charge is 0.123 e. The first-order chi connectivity index (χ1) is 11.1. The highest BCUT2D eigenvalue weighted by molar-refractivity contribution is 5.66. The van der Waals surface area contributed by atoms with Crippen molar-refractivity contribution in [2.45, 2.75) is 20.3 Å². The second kappa shape index (κ2) is 6.39. The highest BCUT2D eigenvalue weighted by Gasteiger charge is 2.14. The minimum atomic E-state index is -0.244. The zero-order chi connectivity index (χ0) is 16.4. The number of rotatable bonds is 4. The van der Waals surface area contributed by atoms with Crippen LogP contribution >= 0.6 is 0 Å². The molecule has 3 aromatic rings. The van der Waals surface area contributed by atoms with Crippen LogP contribution in [0.1, 0.15) is 16.8 Å². The minimum absolute atomic E-state index is 0.113. The molecule has 0 spiro atoms. The zero-order valence-corrected chi connectivity index (χ0v) is 13.4. The van der Waals surface area contributed by atoms with E-state index in [-0.39, 0.29) is 12.4 Å². The fraction of sp³-hybridized carbons (Fsp3) is 0.200. The van der Waals surface area contributed by atoms with E-state index in [2.05, 4.69) is 41.8 Å². The molecule has 1 aromatic heterocycles. The van der Waals surface area contributed by atoms with Gasteiger partial charge in [-0.2, -0.15) is 0 Å². The summed E-state index contributed by atoms with van der Waals surface area (Å²) >= 11 is 0. The number of aliphatic hydroxyl groups excluding tert-OH is 1. The minimum Gasteiger partial charge on any atom is -0.396 e. The van der Waals surface area contributed by atoms with Gasteiger partial charge < -0.3 is 9.67 Å². The summed E-state index contributed by atoms with van der Waals surface area (Å²) in [6, 6.07) is 17.0. The average molecular weight is 309 g/mol. The van der Waals surface area contributed by atoms with Crippen LogP contribution in [-0.4, -0.2) is 16.3 Å². The molecule has 0 aliphatic rings. The first-order valence-corrected chi connectivity index (χ1v) is 7.75. The maximum absolute atomic E-state index is 13.3. The van der Waals surface area contributed by atoms with E-state index in [9.17, 15) is 9.50 Å². The van der Waals surface area contributed by atoms with Crippen LogP contribution in [0.25, 0.3) is 16.9 Å². The molecule has 0 aliphatic heterocycles. The summed E-state index contributed by atoms with van der Waals surface area (Å²) in [5, 5.41) is 9.30. The molecule has 0 radical (unpaired) electrons. The molecule has 1 heterocycles. The highest BCUT2D eigenvalue weighted by Crippen LogP contribution is 2.30. The van der Waals surface area contributed by atoms with E-state index >= 15 is 0 Å². The molecule has 23 heavy (non-hydrogen) atoms. The van der Waals surface area contributed by atoms with Crippen molar-refractivity contribution >= 4 is 0 Å². The van der Waals surface area contributed by atoms with E-state index in [4.69, 9.17) is 0 Å². The Hall–Kier alpha value is -2.39. The van der Waals surface area contributed by atoms with Gasteiger partial charge in [0.2, 0.25) is 0 Å². The van der Waals surface area contributed by atoms with E-state index in [1.54, 1.807) is 12.1 Å². The van der Waals surface area contributed by atoms with Gasteiger partial charge in [0.1, 0.15) is 5.82 Å². The van der Waals surface area contributed by atoms with Gasteiger partial charge in [0.25, 0.3) is 0 Å². The number of halogens is 1. The Morgan fingerprint density at radius 3 is 2.22 bits per heavy atom. The van der Waals surface area contributed by atoms with E-state index in [0.29, 0.717) is 6.42 Å². The van der Waals surface area contributed by atoms with Crippen LogP contribution in [0.5, 0.6) is 0 Å². The molecule has 3 heteroatoms. The van der Waals surface area contributed by atoms with Crippen molar-refractivity contribution < 1.29 is 9.50 Å². The summed E-state index contributed by atoms with van der Waals surface area (Å²) in [5.74, 6) is -0.244. The van der Waals surface area contributed by atoms with E-state index in [1.807, 2.05) is 6.92 Å². The van der Waals surface area contributed by atoms with Gasteiger partial charge in [-0.15, -0.1) is 0 Å². The normalized spacial score (nSPS) is 11.0. The van der Waals surface area contributed by atoms with Crippen molar-refractivity contribution in [2.24, 2.45) is 0 Å². The molecular weight excluding hydrogens is 289 g/mol. The molecule has 2 aromatic carbocycles. The van der Waals surface area contributed by atoms with Gasteiger partial charge in [0.15, 0.2) is 0 Å². The van der Waals surface area contributed by atoms with Crippen LogP contribution in [0.15, 0.2) is 54.6 Å². The van der Waals surface area contributed by atoms with E-state index in [0.717, 1.165) is 28.2 Å². The Morgan fingerprint density at radius 1 is 0.957 bits per heavy atom. The van der Waals surface area contributed by atoms with Crippen molar-refractivity contribution in [3.8, 4) is 16.9 Å². The monoisotopic (exact) mass is 309 g/mol. The lowest BCUT2D eigenvalue weighted by Crippen LogP contribution is -2.00. The predicted octanol–water partition coefficient (Wildman–Crippen LogP) is 4.44. The summed E-state index contributed by atoms with van der Waals surface area (Å²) in [7, 11) is 0. The maximum atomic E-state index is 13.3.